The minimum absolute atomic E-state index is 0.0375. The quantitative estimate of drug-likeness (QED) is 0.615. The minimum Gasteiger partial charge on any atom is -0.481 e. The van der Waals surface area contributed by atoms with Crippen LogP contribution in [0.4, 0.5) is 0 Å². The molecule has 1 heterocycles. The summed E-state index contributed by atoms with van der Waals surface area (Å²) in [6.07, 6.45) is 1.83. The van der Waals surface area contributed by atoms with Crippen molar-refractivity contribution >= 4 is 17.8 Å². The van der Waals surface area contributed by atoms with Crippen LogP contribution in [0, 0.1) is 0 Å². The number of hydrogen-bond acceptors (Lipinski definition) is 4. The van der Waals surface area contributed by atoms with Crippen molar-refractivity contribution in [3.05, 3.63) is 0 Å². The Kier molecular flexibility index (Phi) is 5.57. The van der Waals surface area contributed by atoms with Gasteiger partial charge in [0.15, 0.2) is 0 Å². The minimum atomic E-state index is -0.919. The van der Waals surface area contributed by atoms with E-state index in [2.05, 4.69) is 10.7 Å². The van der Waals surface area contributed by atoms with Gasteiger partial charge in [-0.25, -0.2) is 5.43 Å². The van der Waals surface area contributed by atoms with Crippen molar-refractivity contribution in [2.45, 2.75) is 38.1 Å². The average Bonchev–Trinajstić information content (AvgIpc) is 2.37. The van der Waals surface area contributed by atoms with Crippen molar-refractivity contribution in [2.24, 2.45) is 0 Å². The fraction of sp³-hybridized carbons (Fsp3) is 0.727. The van der Waals surface area contributed by atoms with Gasteiger partial charge in [-0.15, -0.1) is 0 Å². The number of nitrogens with zero attached hydrogens (tertiary/aromatic N) is 1. The lowest BCUT2D eigenvalue weighted by Gasteiger charge is -2.34. The number of carboxylic acid groups (broad SMARTS) is 1. The number of nitrogens with one attached hydrogen (secondary N) is 2. The zero-order chi connectivity index (χ0) is 13.5. The zero-order valence-electron chi connectivity index (χ0n) is 10.4. The second-order valence-electron chi connectivity index (χ2n) is 4.19. The maximum absolute atomic E-state index is 11.9. The van der Waals surface area contributed by atoms with Crippen LogP contribution in [-0.2, 0) is 14.4 Å². The summed E-state index contributed by atoms with van der Waals surface area (Å²) in [7, 11) is 1.53. The molecule has 1 aliphatic heterocycles. The molecule has 0 spiro atoms. The van der Waals surface area contributed by atoms with Gasteiger partial charge in [0, 0.05) is 26.4 Å². The summed E-state index contributed by atoms with van der Waals surface area (Å²) in [5.74, 6) is -1.35. The first-order valence-electron chi connectivity index (χ1n) is 6.05. The van der Waals surface area contributed by atoms with Gasteiger partial charge in [-0.3, -0.25) is 19.4 Å². The van der Waals surface area contributed by atoms with Crippen LogP contribution in [0.25, 0.3) is 0 Å². The number of carbonyl (C=O) groups is 3. The second-order valence-corrected chi connectivity index (χ2v) is 4.19. The van der Waals surface area contributed by atoms with Crippen molar-refractivity contribution in [1.82, 2.24) is 15.8 Å². The number of aliphatic carboxylic acids is 1. The lowest BCUT2D eigenvalue weighted by Crippen LogP contribution is -2.58. The van der Waals surface area contributed by atoms with Crippen molar-refractivity contribution in [2.75, 3.05) is 13.6 Å². The van der Waals surface area contributed by atoms with Gasteiger partial charge in [0.2, 0.25) is 11.8 Å². The van der Waals surface area contributed by atoms with Gasteiger partial charge in [0.25, 0.3) is 0 Å². The van der Waals surface area contributed by atoms with Crippen LogP contribution in [0.3, 0.4) is 0 Å². The number of hydrogen-bond donors (Lipinski definition) is 3. The molecule has 2 amide bonds. The molecule has 1 rings (SSSR count). The molecule has 0 aromatic heterocycles. The standard InChI is InChI=1S/C11H19N3O4/c1-12-11(18)8-4-3-7-13-14(8)9(15)5-2-6-10(16)17/h8,13H,2-7H2,1H3,(H,12,18)(H,16,17)/t8-/m0/s1. The van der Waals surface area contributed by atoms with Gasteiger partial charge in [0.1, 0.15) is 6.04 Å². The highest BCUT2D eigenvalue weighted by Gasteiger charge is 2.31. The van der Waals surface area contributed by atoms with Crippen molar-refractivity contribution in [1.29, 1.82) is 0 Å². The molecule has 102 valence electrons. The number of carbonyl (C=O) groups excluding carboxylic acids is 2. The van der Waals surface area contributed by atoms with E-state index < -0.39 is 12.0 Å². The lowest BCUT2D eigenvalue weighted by atomic mass is 10.1. The molecule has 1 aliphatic rings. The van der Waals surface area contributed by atoms with E-state index in [1.54, 1.807) is 0 Å². The number of likely N-dealkylation sites (N-methyl/N-ethyl adjacent to an activating group) is 1. The normalized spacial score (nSPS) is 19.4. The average molecular weight is 257 g/mol. The van der Waals surface area contributed by atoms with Gasteiger partial charge < -0.3 is 10.4 Å². The fourth-order valence-corrected chi connectivity index (χ4v) is 1.92. The first-order chi connectivity index (χ1) is 8.56. The smallest absolute Gasteiger partial charge is 0.303 e. The molecule has 0 radical (unpaired) electrons. The zero-order valence-corrected chi connectivity index (χ0v) is 10.4. The topological polar surface area (TPSA) is 98.7 Å². The van der Waals surface area contributed by atoms with Crippen LogP contribution >= 0.6 is 0 Å². The van der Waals surface area contributed by atoms with E-state index in [4.69, 9.17) is 5.11 Å². The third-order valence-corrected chi connectivity index (χ3v) is 2.85. The van der Waals surface area contributed by atoms with Crippen LogP contribution in [0.5, 0.6) is 0 Å². The predicted molar refractivity (Wildman–Crippen MR) is 63.4 cm³/mol. The van der Waals surface area contributed by atoms with E-state index in [0.29, 0.717) is 13.0 Å². The molecule has 7 nitrogen and oxygen atoms in total. The van der Waals surface area contributed by atoms with Crippen molar-refractivity contribution < 1.29 is 19.5 Å². The van der Waals surface area contributed by atoms with Gasteiger partial charge in [-0.05, 0) is 19.3 Å². The summed E-state index contributed by atoms with van der Waals surface area (Å²) in [4.78, 5) is 33.9. The number of amides is 2. The molecule has 0 unspecified atom stereocenters. The maximum atomic E-state index is 11.9. The summed E-state index contributed by atoms with van der Waals surface area (Å²) >= 11 is 0. The van der Waals surface area contributed by atoms with E-state index in [1.807, 2.05) is 0 Å². The summed E-state index contributed by atoms with van der Waals surface area (Å²) in [6.45, 7) is 0.651. The summed E-state index contributed by atoms with van der Waals surface area (Å²) in [5.41, 5.74) is 2.90. The number of carboxylic acids is 1. The van der Waals surface area contributed by atoms with E-state index in [0.717, 1.165) is 6.42 Å². The number of rotatable bonds is 5. The second kappa shape index (κ2) is 6.95. The van der Waals surface area contributed by atoms with Crippen LogP contribution in [0.15, 0.2) is 0 Å². The highest BCUT2D eigenvalue weighted by molar-refractivity contribution is 5.87. The van der Waals surface area contributed by atoms with Crippen LogP contribution in [0.2, 0.25) is 0 Å². The van der Waals surface area contributed by atoms with Crippen LogP contribution in [0.1, 0.15) is 32.1 Å². The first-order valence-corrected chi connectivity index (χ1v) is 6.05. The highest BCUT2D eigenvalue weighted by Crippen LogP contribution is 2.13. The molecule has 7 heteroatoms. The molecular weight excluding hydrogens is 238 g/mol. The third-order valence-electron chi connectivity index (χ3n) is 2.85. The van der Waals surface area contributed by atoms with Gasteiger partial charge in [-0.2, -0.15) is 0 Å². The Morgan fingerprint density at radius 1 is 1.39 bits per heavy atom. The molecule has 18 heavy (non-hydrogen) atoms. The summed E-state index contributed by atoms with van der Waals surface area (Å²) in [6, 6.07) is -0.499. The Bertz CT molecular complexity index is 332. The van der Waals surface area contributed by atoms with Crippen molar-refractivity contribution in [3.8, 4) is 0 Å². The summed E-state index contributed by atoms with van der Waals surface area (Å²) < 4.78 is 0. The Morgan fingerprint density at radius 3 is 2.72 bits per heavy atom. The molecular formula is C11H19N3O4. The Morgan fingerprint density at radius 2 is 2.11 bits per heavy atom. The fourth-order valence-electron chi connectivity index (χ4n) is 1.92. The monoisotopic (exact) mass is 257 g/mol. The maximum Gasteiger partial charge on any atom is 0.303 e. The molecule has 0 aromatic rings. The molecule has 0 aliphatic carbocycles. The van der Waals surface area contributed by atoms with E-state index in [9.17, 15) is 14.4 Å². The largest absolute Gasteiger partial charge is 0.481 e. The van der Waals surface area contributed by atoms with E-state index in [1.165, 1.54) is 12.1 Å². The van der Waals surface area contributed by atoms with E-state index >= 15 is 0 Å². The Hall–Kier alpha value is -1.63. The van der Waals surface area contributed by atoms with Crippen LogP contribution in [-0.4, -0.2) is 47.5 Å². The molecule has 0 aromatic carbocycles. The van der Waals surface area contributed by atoms with Crippen LogP contribution < -0.4 is 10.7 Å². The van der Waals surface area contributed by atoms with Gasteiger partial charge in [0.05, 0.1) is 0 Å². The molecule has 0 saturated carbocycles. The molecule has 3 N–H and O–H groups in total. The third kappa shape index (κ3) is 3.99. The van der Waals surface area contributed by atoms with E-state index in [-0.39, 0.29) is 31.1 Å². The Labute approximate surface area is 105 Å². The number of hydrazine groups is 1. The Balaban J connectivity index is 2.52. The van der Waals surface area contributed by atoms with Crippen molar-refractivity contribution in [3.63, 3.8) is 0 Å². The molecule has 1 atom stereocenters. The first kappa shape index (κ1) is 14.4. The predicted octanol–water partition coefficient (Wildman–Crippen LogP) is -0.517. The molecule has 1 fully saturated rings. The molecule has 0 bridgehead atoms. The molecule has 1 saturated heterocycles. The highest BCUT2D eigenvalue weighted by atomic mass is 16.4. The van der Waals surface area contributed by atoms with Gasteiger partial charge in [-0.1, -0.05) is 0 Å². The SMILES string of the molecule is CNC(=O)[C@@H]1CCCNN1C(=O)CCCC(=O)O. The van der Waals surface area contributed by atoms with Gasteiger partial charge >= 0.3 is 5.97 Å². The summed E-state index contributed by atoms with van der Waals surface area (Å²) in [5, 5.41) is 12.4. The lowest BCUT2D eigenvalue weighted by molar-refractivity contribution is -0.146.